The third-order valence-corrected chi connectivity index (χ3v) is 4.19. The molecular weight excluding hydrogens is 320 g/mol. The first-order valence-corrected chi connectivity index (χ1v) is 7.74. The molecular formula is C15H19BrN2O2. The maximum atomic E-state index is 12.2. The number of unbranched alkanes of at least 4 members (excludes halogenated alkanes) is 1. The first-order chi connectivity index (χ1) is 9.61. The van der Waals surface area contributed by atoms with Gasteiger partial charge in [0.15, 0.2) is 0 Å². The second kappa shape index (κ2) is 6.88. The number of anilines is 1. The largest absolute Gasteiger partial charge is 0.342 e. The second-order valence-corrected chi connectivity index (χ2v) is 5.92. The zero-order chi connectivity index (χ0) is 14.5. The minimum atomic E-state index is -0.244. The first-order valence-electron chi connectivity index (χ1n) is 6.95. The molecule has 5 heteroatoms. The van der Waals surface area contributed by atoms with Crippen LogP contribution in [0, 0.1) is 5.92 Å². The average Bonchev–Trinajstić information content (AvgIpc) is 2.80. The van der Waals surface area contributed by atoms with Crippen molar-refractivity contribution in [3.8, 4) is 0 Å². The van der Waals surface area contributed by atoms with E-state index < -0.39 is 0 Å². The molecule has 2 amide bonds. The zero-order valence-electron chi connectivity index (χ0n) is 11.6. The maximum Gasteiger partial charge on any atom is 0.229 e. The Morgan fingerprint density at radius 3 is 2.90 bits per heavy atom. The number of para-hydroxylation sites is 1. The number of likely N-dealkylation sites (tertiary alicyclic amines) is 1. The summed E-state index contributed by atoms with van der Waals surface area (Å²) in [5.41, 5.74) is 0.747. The van der Waals surface area contributed by atoms with Gasteiger partial charge in [0.2, 0.25) is 11.8 Å². The van der Waals surface area contributed by atoms with Crippen LogP contribution in [0.4, 0.5) is 5.69 Å². The number of rotatable bonds is 5. The van der Waals surface area contributed by atoms with E-state index in [-0.39, 0.29) is 17.7 Å². The van der Waals surface area contributed by atoms with Crippen LogP contribution in [0.25, 0.3) is 0 Å². The van der Waals surface area contributed by atoms with Gasteiger partial charge in [-0.25, -0.2) is 0 Å². The summed E-state index contributed by atoms with van der Waals surface area (Å²) in [5.74, 6) is -0.235. The summed E-state index contributed by atoms with van der Waals surface area (Å²) in [7, 11) is 0. The van der Waals surface area contributed by atoms with Gasteiger partial charge in [-0.15, -0.1) is 0 Å². The molecule has 0 unspecified atom stereocenters. The molecule has 108 valence electrons. The van der Waals surface area contributed by atoms with Crippen molar-refractivity contribution in [2.75, 3.05) is 18.4 Å². The van der Waals surface area contributed by atoms with Gasteiger partial charge in [-0.3, -0.25) is 9.59 Å². The summed E-state index contributed by atoms with van der Waals surface area (Å²) in [6.45, 7) is 3.39. The van der Waals surface area contributed by atoms with Gasteiger partial charge in [-0.2, -0.15) is 0 Å². The first kappa shape index (κ1) is 15.0. The molecule has 2 rings (SSSR count). The second-order valence-electron chi connectivity index (χ2n) is 5.06. The molecule has 0 aliphatic carbocycles. The third kappa shape index (κ3) is 3.60. The molecule has 0 aromatic heterocycles. The van der Waals surface area contributed by atoms with E-state index in [2.05, 4.69) is 28.2 Å². The van der Waals surface area contributed by atoms with E-state index >= 15 is 0 Å². The Labute approximate surface area is 127 Å². The van der Waals surface area contributed by atoms with Crippen molar-refractivity contribution >= 4 is 33.4 Å². The monoisotopic (exact) mass is 338 g/mol. The van der Waals surface area contributed by atoms with E-state index in [1.165, 1.54) is 0 Å². The topological polar surface area (TPSA) is 49.4 Å². The van der Waals surface area contributed by atoms with E-state index in [0.717, 1.165) is 29.5 Å². The minimum Gasteiger partial charge on any atom is -0.342 e. The summed E-state index contributed by atoms with van der Waals surface area (Å²) in [5, 5.41) is 2.88. The summed E-state index contributed by atoms with van der Waals surface area (Å²) in [6, 6.07) is 7.48. The number of nitrogens with zero attached hydrogens (tertiary/aromatic N) is 1. The Kier molecular flexibility index (Phi) is 5.17. The van der Waals surface area contributed by atoms with Crippen molar-refractivity contribution in [2.24, 2.45) is 5.92 Å². The highest BCUT2D eigenvalue weighted by molar-refractivity contribution is 9.10. The number of nitrogens with one attached hydrogen (secondary N) is 1. The van der Waals surface area contributed by atoms with Crippen LogP contribution in [0.1, 0.15) is 26.2 Å². The van der Waals surface area contributed by atoms with Crippen LogP contribution in [-0.2, 0) is 9.59 Å². The van der Waals surface area contributed by atoms with Crippen molar-refractivity contribution < 1.29 is 9.59 Å². The molecule has 1 aliphatic heterocycles. The number of amides is 2. The molecule has 0 saturated carbocycles. The lowest BCUT2D eigenvalue weighted by molar-refractivity contribution is -0.128. The fourth-order valence-electron chi connectivity index (χ4n) is 2.31. The van der Waals surface area contributed by atoms with Gasteiger partial charge in [0, 0.05) is 24.0 Å². The summed E-state index contributed by atoms with van der Waals surface area (Å²) < 4.78 is 0.848. The highest BCUT2D eigenvalue weighted by Gasteiger charge is 2.33. The van der Waals surface area contributed by atoms with Crippen LogP contribution < -0.4 is 5.32 Å². The lowest BCUT2D eigenvalue weighted by atomic mass is 10.1. The number of benzene rings is 1. The number of hydrogen-bond donors (Lipinski definition) is 1. The standard InChI is InChI=1S/C15H19BrN2O2/c1-2-3-8-18-10-11(9-14(18)19)15(20)17-13-7-5-4-6-12(13)16/h4-7,11H,2-3,8-10H2,1H3,(H,17,20)/t11-/m1/s1. The molecule has 1 fully saturated rings. The molecule has 0 spiro atoms. The van der Waals surface area contributed by atoms with Crippen molar-refractivity contribution in [1.82, 2.24) is 4.90 Å². The molecule has 0 bridgehead atoms. The van der Waals surface area contributed by atoms with E-state index in [1.54, 1.807) is 4.90 Å². The van der Waals surface area contributed by atoms with Gasteiger partial charge in [0.25, 0.3) is 0 Å². The van der Waals surface area contributed by atoms with Crippen molar-refractivity contribution in [3.05, 3.63) is 28.7 Å². The Bertz CT molecular complexity index is 504. The molecule has 1 aromatic carbocycles. The van der Waals surface area contributed by atoms with Gasteiger partial charge >= 0.3 is 0 Å². The van der Waals surface area contributed by atoms with E-state index in [0.29, 0.717) is 13.0 Å². The quantitative estimate of drug-likeness (QED) is 0.896. The van der Waals surface area contributed by atoms with Gasteiger partial charge < -0.3 is 10.2 Å². The SMILES string of the molecule is CCCCN1C[C@H](C(=O)Nc2ccccc2Br)CC1=O. The lowest BCUT2D eigenvalue weighted by Crippen LogP contribution is -2.29. The maximum absolute atomic E-state index is 12.2. The zero-order valence-corrected chi connectivity index (χ0v) is 13.1. The normalized spacial score (nSPS) is 18.4. The molecule has 0 radical (unpaired) electrons. The van der Waals surface area contributed by atoms with Crippen molar-refractivity contribution in [3.63, 3.8) is 0 Å². The van der Waals surface area contributed by atoms with Crippen LogP contribution in [-0.4, -0.2) is 29.8 Å². The fourth-order valence-corrected chi connectivity index (χ4v) is 2.69. The molecule has 1 N–H and O–H groups in total. The van der Waals surface area contributed by atoms with Gasteiger partial charge in [0.05, 0.1) is 11.6 Å². The van der Waals surface area contributed by atoms with E-state index in [4.69, 9.17) is 0 Å². The minimum absolute atomic E-state index is 0.0794. The van der Waals surface area contributed by atoms with Gasteiger partial charge in [-0.05, 0) is 34.5 Å². The smallest absolute Gasteiger partial charge is 0.229 e. The van der Waals surface area contributed by atoms with E-state index in [1.807, 2.05) is 24.3 Å². The Morgan fingerprint density at radius 1 is 1.45 bits per heavy atom. The van der Waals surface area contributed by atoms with Gasteiger partial charge in [-0.1, -0.05) is 25.5 Å². The average molecular weight is 339 g/mol. The number of carbonyl (C=O) groups excluding carboxylic acids is 2. The van der Waals surface area contributed by atoms with Crippen LogP contribution >= 0.6 is 15.9 Å². The van der Waals surface area contributed by atoms with Crippen LogP contribution in [0.3, 0.4) is 0 Å². The van der Waals surface area contributed by atoms with Crippen LogP contribution in [0.2, 0.25) is 0 Å². The fraction of sp³-hybridized carbons (Fsp3) is 0.467. The Balaban J connectivity index is 1.94. The third-order valence-electron chi connectivity index (χ3n) is 3.50. The molecule has 1 aromatic rings. The van der Waals surface area contributed by atoms with Crippen LogP contribution in [0.5, 0.6) is 0 Å². The number of hydrogen-bond acceptors (Lipinski definition) is 2. The summed E-state index contributed by atoms with van der Waals surface area (Å²) >= 11 is 3.40. The van der Waals surface area contributed by atoms with Crippen molar-refractivity contribution in [2.45, 2.75) is 26.2 Å². The number of halogens is 1. The molecule has 1 atom stereocenters. The Morgan fingerprint density at radius 2 is 2.20 bits per heavy atom. The number of carbonyl (C=O) groups is 2. The predicted octanol–water partition coefficient (Wildman–Crippen LogP) is 3.04. The van der Waals surface area contributed by atoms with Crippen LogP contribution in [0.15, 0.2) is 28.7 Å². The molecule has 1 heterocycles. The highest BCUT2D eigenvalue weighted by Crippen LogP contribution is 2.24. The molecule has 1 saturated heterocycles. The van der Waals surface area contributed by atoms with E-state index in [9.17, 15) is 9.59 Å². The predicted molar refractivity (Wildman–Crippen MR) is 82.4 cm³/mol. The van der Waals surface area contributed by atoms with Gasteiger partial charge in [0.1, 0.15) is 0 Å². The molecule has 20 heavy (non-hydrogen) atoms. The Hall–Kier alpha value is -1.36. The molecule has 1 aliphatic rings. The molecule has 4 nitrogen and oxygen atoms in total. The highest BCUT2D eigenvalue weighted by atomic mass is 79.9. The summed E-state index contributed by atoms with van der Waals surface area (Å²) in [6.07, 6.45) is 2.36. The van der Waals surface area contributed by atoms with Crippen molar-refractivity contribution in [1.29, 1.82) is 0 Å². The lowest BCUT2D eigenvalue weighted by Gasteiger charge is -2.16. The summed E-state index contributed by atoms with van der Waals surface area (Å²) in [4.78, 5) is 25.9.